The number of hydrogen-bond acceptors (Lipinski definition) is 4. The van der Waals surface area contributed by atoms with E-state index in [9.17, 15) is 4.79 Å². The van der Waals surface area contributed by atoms with Gasteiger partial charge < -0.3 is 10.1 Å². The second-order valence-electron chi connectivity index (χ2n) is 7.58. The van der Waals surface area contributed by atoms with Crippen molar-refractivity contribution >= 4 is 17.2 Å². The van der Waals surface area contributed by atoms with Crippen molar-refractivity contribution in [2.24, 2.45) is 0 Å². The molecule has 5 heteroatoms. The van der Waals surface area contributed by atoms with Crippen molar-refractivity contribution in [3.05, 3.63) is 45.4 Å². The van der Waals surface area contributed by atoms with Crippen LogP contribution in [0.1, 0.15) is 66.3 Å². The van der Waals surface area contributed by atoms with Gasteiger partial charge in [-0.15, -0.1) is 11.3 Å². The number of carbonyl (C=O) groups excluding carboxylic acids is 1. The molecule has 0 aliphatic heterocycles. The molecule has 1 amide bonds. The Kier molecular flexibility index (Phi) is 4.74. The van der Waals surface area contributed by atoms with Crippen molar-refractivity contribution in [2.75, 3.05) is 7.11 Å². The lowest BCUT2D eigenvalue weighted by atomic mass is 9.81. The summed E-state index contributed by atoms with van der Waals surface area (Å²) in [4.78, 5) is 18.0. The predicted molar refractivity (Wildman–Crippen MR) is 104 cm³/mol. The number of ether oxygens (including phenoxy) is 1. The molecule has 0 saturated heterocycles. The molecule has 26 heavy (non-hydrogen) atoms. The number of methoxy groups -OCH3 is 1. The average Bonchev–Trinajstić information content (AvgIpc) is 3.30. The van der Waals surface area contributed by atoms with Crippen LogP contribution < -0.4 is 10.1 Å². The lowest BCUT2D eigenvalue weighted by Crippen LogP contribution is -2.46. The van der Waals surface area contributed by atoms with Crippen LogP contribution in [0.2, 0.25) is 0 Å². The fourth-order valence-electron chi connectivity index (χ4n) is 4.44. The van der Waals surface area contributed by atoms with Crippen LogP contribution in [0.3, 0.4) is 0 Å². The number of thiazole rings is 1. The zero-order valence-electron chi connectivity index (χ0n) is 15.5. The largest absolute Gasteiger partial charge is 0.497 e. The van der Waals surface area contributed by atoms with E-state index < -0.39 is 0 Å². The monoisotopic (exact) mass is 370 g/mol. The van der Waals surface area contributed by atoms with E-state index in [0.717, 1.165) is 67.0 Å². The van der Waals surface area contributed by atoms with Gasteiger partial charge in [0.1, 0.15) is 10.8 Å². The number of carbonyl (C=O) groups is 1. The Morgan fingerprint density at radius 1 is 1.31 bits per heavy atom. The summed E-state index contributed by atoms with van der Waals surface area (Å²) in [6, 6.07) is 6.16. The second-order valence-corrected chi connectivity index (χ2v) is 8.44. The summed E-state index contributed by atoms with van der Waals surface area (Å²) < 4.78 is 5.39. The predicted octanol–water partition coefficient (Wildman–Crippen LogP) is 4.47. The van der Waals surface area contributed by atoms with Crippen LogP contribution >= 0.6 is 11.3 Å². The normalized spacial score (nSPS) is 21.2. The topological polar surface area (TPSA) is 51.2 Å². The molecule has 1 fully saturated rings. The van der Waals surface area contributed by atoms with E-state index in [2.05, 4.69) is 16.8 Å². The third-order valence-electron chi connectivity index (χ3n) is 5.83. The van der Waals surface area contributed by atoms with Gasteiger partial charge in [-0.05, 0) is 62.3 Å². The summed E-state index contributed by atoms with van der Waals surface area (Å²) in [6.45, 7) is 2.02. The molecule has 4 nitrogen and oxygen atoms in total. The highest BCUT2D eigenvalue weighted by atomic mass is 32.1. The molecule has 1 heterocycles. The Balaban J connectivity index is 1.62. The maximum atomic E-state index is 13.3. The Hall–Kier alpha value is -1.88. The third kappa shape index (κ3) is 3.13. The van der Waals surface area contributed by atoms with E-state index in [1.54, 1.807) is 18.4 Å². The molecular formula is C21H26N2O2S. The zero-order valence-corrected chi connectivity index (χ0v) is 16.3. The van der Waals surface area contributed by atoms with E-state index in [1.807, 2.05) is 19.1 Å². The van der Waals surface area contributed by atoms with E-state index in [1.165, 1.54) is 5.56 Å². The molecule has 138 valence electrons. The van der Waals surface area contributed by atoms with E-state index in [4.69, 9.17) is 9.72 Å². The summed E-state index contributed by atoms with van der Waals surface area (Å²) in [5.41, 5.74) is 3.18. The fraction of sp³-hybridized carbons (Fsp3) is 0.524. The quantitative estimate of drug-likeness (QED) is 0.864. The molecule has 0 spiro atoms. The van der Waals surface area contributed by atoms with E-state index >= 15 is 0 Å². The smallest absolute Gasteiger partial charge is 0.228 e. The highest BCUT2D eigenvalue weighted by Gasteiger charge is 2.41. The summed E-state index contributed by atoms with van der Waals surface area (Å²) in [7, 11) is 1.68. The minimum absolute atomic E-state index is 0.0904. The average molecular weight is 371 g/mol. The van der Waals surface area contributed by atoms with Gasteiger partial charge in [-0.25, -0.2) is 4.98 Å². The number of hydrogen-bond donors (Lipinski definition) is 1. The van der Waals surface area contributed by atoms with Gasteiger partial charge in [0.25, 0.3) is 0 Å². The van der Waals surface area contributed by atoms with Crippen molar-refractivity contribution in [2.45, 2.75) is 63.3 Å². The molecule has 2 aliphatic rings. The van der Waals surface area contributed by atoms with E-state index in [0.29, 0.717) is 0 Å². The summed E-state index contributed by atoms with van der Waals surface area (Å²) in [5, 5.41) is 6.60. The Morgan fingerprint density at radius 3 is 2.81 bits per heavy atom. The number of aromatic nitrogens is 1. The standard InChI is InChI=1S/C21H26N2O2S/c1-14-13-26-20(22-14)21(10-3-4-11-21)23-19(24)17-7-5-6-15-8-9-16(25-2)12-18(15)17/h8-9,12-13,17H,3-7,10-11H2,1-2H3,(H,23,24). The number of nitrogens with zero attached hydrogens (tertiary/aromatic N) is 1. The molecule has 1 saturated carbocycles. The van der Waals surface area contributed by atoms with Gasteiger partial charge in [-0.3, -0.25) is 4.79 Å². The Labute approximate surface area is 159 Å². The molecule has 0 bridgehead atoms. The van der Waals surface area contributed by atoms with E-state index in [-0.39, 0.29) is 17.4 Å². The molecule has 1 aromatic carbocycles. The van der Waals surface area contributed by atoms with Crippen molar-refractivity contribution in [1.29, 1.82) is 0 Å². The molecule has 1 unspecified atom stereocenters. The highest BCUT2D eigenvalue weighted by molar-refractivity contribution is 7.09. The van der Waals surface area contributed by atoms with Gasteiger partial charge >= 0.3 is 0 Å². The summed E-state index contributed by atoms with van der Waals surface area (Å²) in [5.74, 6) is 0.885. The SMILES string of the molecule is COc1ccc2c(c1)C(C(=O)NC1(c3nc(C)cs3)CCCC1)CCC2. The van der Waals surface area contributed by atoms with Crippen LogP contribution in [0.5, 0.6) is 5.75 Å². The van der Waals surface area contributed by atoms with Gasteiger partial charge in [0.2, 0.25) is 5.91 Å². The fourth-order valence-corrected chi connectivity index (χ4v) is 5.46. The molecule has 1 N–H and O–H groups in total. The number of rotatable bonds is 4. The highest BCUT2D eigenvalue weighted by Crippen LogP contribution is 2.42. The van der Waals surface area contributed by atoms with Gasteiger partial charge in [0.05, 0.1) is 18.6 Å². The first-order valence-electron chi connectivity index (χ1n) is 9.53. The minimum atomic E-state index is -0.271. The lowest BCUT2D eigenvalue weighted by molar-refractivity contribution is -0.125. The molecule has 2 aromatic rings. The Morgan fingerprint density at radius 2 is 2.12 bits per heavy atom. The van der Waals surface area contributed by atoms with Crippen LogP contribution in [0.15, 0.2) is 23.6 Å². The molecule has 0 radical (unpaired) electrons. The van der Waals surface area contributed by atoms with Gasteiger partial charge in [-0.2, -0.15) is 0 Å². The van der Waals surface area contributed by atoms with Crippen LogP contribution in [0, 0.1) is 6.92 Å². The Bertz CT molecular complexity index is 808. The number of fused-ring (bicyclic) bond motifs is 1. The van der Waals surface area contributed by atoms with Crippen molar-refractivity contribution in [3.63, 3.8) is 0 Å². The van der Waals surface area contributed by atoms with Gasteiger partial charge in [0, 0.05) is 11.1 Å². The molecule has 2 aliphatic carbocycles. The first kappa shape index (κ1) is 17.5. The number of aryl methyl sites for hydroxylation is 2. The zero-order chi connectivity index (χ0) is 18.1. The summed E-state index contributed by atoms with van der Waals surface area (Å²) in [6.07, 6.45) is 7.27. The molecular weight excluding hydrogens is 344 g/mol. The first-order chi connectivity index (χ1) is 12.6. The first-order valence-corrected chi connectivity index (χ1v) is 10.4. The lowest BCUT2D eigenvalue weighted by Gasteiger charge is -2.32. The summed E-state index contributed by atoms with van der Waals surface area (Å²) >= 11 is 1.68. The second kappa shape index (κ2) is 7.03. The maximum Gasteiger partial charge on any atom is 0.228 e. The van der Waals surface area contributed by atoms with Crippen LogP contribution in [-0.4, -0.2) is 18.0 Å². The third-order valence-corrected chi connectivity index (χ3v) is 7.00. The van der Waals surface area contributed by atoms with Crippen molar-refractivity contribution in [1.82, 2.24) is 10.3 Å². The number of benzene rings is 1. The van der Waals surface area contributed by atoms with Gasteiger partial charge in [-0.1, -0.05) is 18.9 Å². The molecule has 1 aromatic heterocycles. The van der Waals surface area contributed by atoms with Crippen LogP contribution in [-0.2, 0) is 16.8 Å². The number of nitrogens with one attached hydrogen (secondary N) is 1. The molecule has 4 rings (SSSR count). The maximum absolute atomic E-state index is 13.3. The number of amides is 1. The molecule has 1 atom stereocenters. The minimum Gasteiger partial charge on any atom is -0.497 e. The van der Waals surface area contributed by atoms with Crippen LogP contribution in [0.4, 0.5) is 0 Å². The van der Waals surface area contributed by atoms with Crippen molar-refractivity contribution in [3.8, 4) is 5.75 Å². The van der Waals surface area contributed by atoms with Crippen LogP contribution in [0.25, 0.3) is 0 Å². The van der Waals surface area contributed by atoms with Crippen molar-refractivity contribution < 1.29 is 9.53 Å². The van der Waals surface area contributed by atoms with Gasteiger partial charge in [0.15, 0.2) is 0 Å².